The topological polar surface area (TPSA) is 69.7 Å². The SMILES string of the molecule is CC[C@H](CNC(=O)[C@@H]1CCCN(S(=O)(=O)N(C)C)C1)Cc1ccccc1. The number of piperidine rings is 1. The number of carbonyl (C=O) groups is 1. The quantitative estimate of drug-likeness (QED) is 0.748. The molecule has 1 aliphatic rings. The van der Waals surface area contributed by atoms with Crippen molar-refractivity contribution >= 4 is 16.1 Å². The standard InChI is InChI=1S/C19H31N3O3S/c1-4-16(13-17-9-6-5-7-10-17)14-20-19(23)18-11-8-12-22(15-18)26(24,25)21(2)3/h5-7,9-10,16,18H,4,8,11-15H2,1-3H3,(H,20,23)/t16-,18+/m0/s1. The molecule has 26 heavy (non-hydrogen) atoms. The molecule has 1 fully saturated rings. The fourth-order valence-electron chi connectivity index (χ4n) is 3.29. The van der Waals surface area contributed by atoms with Crippen LogP contribution in [0.5, 0.6) is 0 Å². The van der Waals surface area contributed by atoms with Crippen molar-refractivity contribution in [2.45, 2.75) is 32.6 Å². The van der Waals surface area contributed by atoms with Gasteiger partial charge in [-0.25, -0.2) is 0 Å². The number of carbonyl (C=O) groups excluding carboxylic acids is 1. The number of amides is 1. The zero-order valence-corrected chi connectivity index (χ0v) is 16.8. The second-order valence-electron chi connectivity index (χ2n) is 7.20. The minimum atomic E-state index is -3.46. The molecular weight excluding hydrogens is 350 g/mol. The maximum atomic E-state index is 12.6. The zero-order valence-electron chi connectivity index (χ0n) is 16.0. The summed E-state index contributed by atoms with van der Waals surface area (Å²) in [6.07, 6.45) is 3.37. The van der Waals surface area contributed by atoms with Crippen LogP contribution in [0, 0.1) is 11.8 Å². The van der Waals surface area contributed by atoms with E-state index < -0.39 is 10.2 Å². The third-order valence-corrected chi connectivity index (χ3v) is 6.96. The van der Waals surface area contributed by atoms with Gasteiger partial charge in [0, 0.05) is 33.7 Å². The lowest BCUT2D eigenvalue weighted by Gasteiger charge is -2.33. The molecule has 2 rings (SSSR count). The van der Waals surface area contributed by atoms with E-state index in [1.54, 1.807) is 0 Å². The molecule has 0 aromatic heterocycles. The predicted molar refractivity (Wildman–Crippen MR) is 104 cm³/mol. The summed E-state index contributed by atoms with van der Waals surface area (Å²) < 4.78 is 27.2. The van der Waals surface area contributed by atoms with E-state index in [2.05, 4.69) is 24.4 Å². The number of benzene rings is 1. The van der Waals surface area contributed by atoms with Crippen molar-refractivity contribution in [1.29, 1.82) is 0 Å². The zero-order chi connectivity index (χ0) is 19.2. The lowest BCUT2D eigenvalue weighted by Crippen LogP contribution is -2.49. The van der Waals surface area contributed by atoms with E-state index in [4.69, 9.17) is 0 Å². The van der Waals surface area contributed by atoms with E-state index in [0.29, 0.717) is 25.4 Å². The van der Waals surface area contributed by atoms with Gasteiger partial charge in [0.25, 0.3) is 10.2 Å². The first kappa shape index (κ1) is 20.9. The fourth-order valence-corrected chi connectivity index (χ4v) is 4.48. The smallest absolute Gasteiger partial charge is 0.281 e. The average molecular weight is 382 g/mol. The minimum Gasteiger partial charge on any atom is -0.356 e. The van der Waals surface area contributed by atoms with E-state index in [9.17, 15) is 13.2 Å². The monoisotopic (exact) mass is 381 g/mol. The molecule has 0 unspecified atom stereocenters. The maximum Gasteiger partial charge on any atom is 0.281 e. The van der Waals surface area contributed by atoms with Gasteiger partial charge in [0.2, 0.25) is 5.91 Å². The molecule has 1 aromatic rings. The Morgan fingerprint density at radius 3 is 2.62 bits per heavy atom. The van der Waals surface area contributed by atoms with Crippen molar-refractivity contribution in [1.82, 2.24) is 13.9 Å². The van der Waals surface area contributed by atoms with Crippen molar-refractivity contribution in [3.05, 3.63) is 35.9 Å². The van der Waals surface area contributed by atoms with Crippen LogP contribution in [0.3, 0.4) is 0 Å². The van der Waals surface area contributed by atoms with Gasteiger partial charge in [-0.1, -0.05) is 43.7 Å². The Balaban J connectivity index is 1.88. The van der Waals surface area contributed by atoms with Crippen LogP contribution in [0.2, 0.25) is 0 Å². The Morgan fingerprint density at radius 1 is 1.31 bits per heavy atom. The fraction of sp³-hybridized carbons (Fsp3) is 0.632. The summed E-state index contributed by atoms with van der Waals surface area (Å²) in [4.78, 5) is 12.6. The normalized spacial score (nSPS) is 20.1. The highest BCUT2D eigenvalue weighted by atomic mass is 32.2. The van der Waals surface area contributed by atoms with Gasteiger partial charge in [0.05, 0.1) is 5.92 Å². The molecule has 1 aliphatic heterocycles. The van der Waals surface area contributed by atoms with Gasteiger partial charge in [0.15, 0.2) is 0 Å². The first-order chi connectivity index (χ1) is 12.3. The van der Waals surface area contributed by atoms with Crippen molar-refractivity contribution in [2.75, 3.05) is 33.7 Å². The van der Waals surface area contributed by atoms with Crippen LogP contribution in [0.15, 0.2) is 30.3 Å². The van der Waals surface area contributed by atoms with E-state index in [0.717, 1.165) is 19.3 Å². The highest BCUT2D eigenvalue weighted by molar-refractivity contribution is 7.86. The summed E-state index contributed by atoms with van der Waals surface area (Å²) in [7, 11) is -0.412. The molecule has 6 nitrogen and oxygen atoms in total. The summed E-state index contributed by atoms with van der Waals surface area (Å²) in [5.74, 6) is 0.0782. The number of nitrogens with zero attached hydrogens (tertiary/aromatic N) is 2. The van der Waals surface area contributed by atoms with E-state index in [1.165, 1.54) is 28.3 Å². The lowest BCUT2D eigenvalue weighted by molar-refractivity contribution is -0.126. The molecule has 1 N–H and O–H groups in total. The molecule has 7 heteroatoms. The molecule has 146 valence electrons. The lowest BCUT2D eigenvalue weighted by atomic mass is 9.95. The van der Waals surface area contributed by atoms with E-state index in [-0.39, 0.29) is 18.4 Å². The largest absolute Gasteiger partial charge is 0.356 e. The van der Waals surface area contributed by atoms with Crippen LogP contribution in [0.1, 0.15) is 31.7 Å². The molecule has 1 heterocycles. The number of hydrogen-bond donors (Lipinski definition) is 1. The van der Waals surface area contributed by atoms with Crippen molar-refractivity contribution in [2.24, 2.45) is 11.8 Å². The molecule has 0 aliphatic carbocycles. The van der Waals surface area contributed by atoms with Crippen LogP contribution in [-0.4, -0.2) is 56.7 Å². The van der Waals surface area contributed by atoms with Gasteiger partial charge >= 0.3 is 0 Å². The molecule has 1 amide bonds. The maximum absolute atomic E-state index is 12.6. The third kappa shape index (κ3) is 5.53. The average Bonchev–Trinajstić information content (AvgIpc) is 2.65. The van der Waals surface area contributed by atoms with Gasteiger partial charge in [0.1, 0.15) is 0 Å². The second kappa shape index (κ2) is 9.48. The number of nitrogens with one attached hydrogen (secondary N) is 1. The van der Waals surface area contributed by atoms with Crippen LogP contribution < -0.4 is 5.32 Å². The molecule has 1 aromatic carbocycles. The molecule has 0 bridgehead atoms. The van der Waals surface area contributed by atoms with Crippen LogP contribution >= 0.6 is 0 Å². The summed E-state index contributed by atoms with van der Waals surface area (Å²) in [6.45, 7) is 3.50. The highest BCUT2D eigenvalue weighted by Crippen LogP contribution is 2.20. The summed E-state index contributed by atoms with van der Waals surface area (Å²) >= 11 is 0. The Morgan fingerprint density at radius 2 is 2.00 bits per heavy atom. The van der Waals surface area contributed by atoms with Crippen LogP contribution in [0.25, 0.3) is 0 Å². The molecular formula is C19H31N3O3S. The van der Waals surface area contributed by atoms with Gasteiger partial charge in [-0.15, -0.1) is 0 Å². The molecule has 0 spiro atoms. The second-order valence-corrected chi connectivity index (χ2v) is 9.34. The van der Waals surface area contributed by atoms with Crippen LogP contribution in [0.4, 0.5) is 0 Å². The molecule has 2 atom stereocenters. The summed E-state index contributed by atoms with van der Waals surface area (Å²) in [5.41, 5.74) is 1.27. The number of rotatable bonds is 8. The predicted octanol–water partition coefficient (Wildman–Crippen LogP) is 1.89. The number of hydrogen-bond acceptors (Lipinski definition) is 3. The minimum absolute atomic E-state index is 0.0323. The van der Waals surface area contributed by atoms with Crippen molar-refractivity contribution < 1.29 is 13.2 Å². The van der Waals surface area contributed by atoms with Crippen molar-refractivity contribution in [3.8, 4) is 0 Å². The van der Waals surface area contributed by atoms with Crippen molar-refractivity contribution in [3.63, 3.8) is 0 Å². The Labute approximate surface area is 157 Å². The highest BCUT2D eigenvalue weighted by Gasteiger charge is 2.33. The Hall–Kier alpha value is -1.44. The van der Waals surface area contributed by atoms with E-state index >= 15 is 0 Å². The molecule has 0 radical (unpaired) electrons. The summed E-state index contributed by atoms with van der Waals surface area (Å²) in [5, 5.41) is 3.05. The first-order valence-corrected chi connectivity index (χ1v) is 10.7. The third-order valence-electron chi connectivity index (χ3n) is 5.05. The first-order valence-electron chi connectivity index (χ1n) is 9.33. The van der Waals surface area contributed by atoms with Gasteiger partial charge in [-0.3, -0.25) is 4.79 Å². The van der Waals surface area contributed by atoms with E-state index in [1.807, 2.05) is 18.2 Å². The molecule has 0 saturated carbocycles. The van der Waals surface area contributed by atoms with Gasteiger partial charge in [-0.2, -0.15) is 17.0 Å². The molecule has 1 saturated heterocycles. The van der Waals surface area contributed by atoms with Crippen LogP contribution in [-0.2, 0) is 21.4 Å². The van der Waals surface area contributed by atoms with Gasteiger partial charge in [-0.05, 0) is 30.7 Å². The summed E-state index contributed by atoms with van der Waals surface area (Å²) in [6, 6.07) is 10.3. The van der Waals surface area contributed by atoms with Gasteiger partial charge < -0.3 is 5.32 Å². The Bertz CT molecular complexity index is 677. The Kier molecular flexibility index (Phi) is 7.61.